The standard InChI is InChI=1S/C9H4O5/c10-7-5-3-1-2-4-6(5)9(12-7)13-8(11)14-9/h1-4H. The Morgan fingerprint density at radius 2 is 1.71 bits per heavy atom. The predicted molar refractivity (Wildman–Crippen MR) is 41.1 cm³/mol. The molecule has 1 fully saturated rings. The average Bonchev–Trinajstić information content (AvgIpc) is 2.41. The van der Waals surface area contributed by atoms with Crippen molar-refractivity contribution in [2.75, 3.05) is 0 Å². The molecular weight excluding hydrogens is 188 g/mol. The molecule has 2 aliphatic rings. The number of esters is 1. The highest BCUT2D eigenvalue weighted by molar-refractivity contribution is 5.95. The highest BCUT2D eigenvalue weighted by Gasteiger charge is 2.60. The molecule has 14 heavy (non-hydrogen) atoms. The lowest BCUT2D eigenvalue weighted by Crippen LogP contribution is -2.47. The molecule has 1 spiro atoms. The van der Waals surface area contributed by atoms with E-state index in [-0.39, 0.29) is 0 Å². The summed E-state index contributed by atoms with van der Waals surface area (Å²) in [5.74, 6) is -2.15. The van der Waals surface area contributed by atoms with Crippen molar-refractivity contribution < 1.29 is 23.8 Å². The number of carbonyl (C=O) groups is 2. The van der Waals surface area contributed by atoms with Crippen LogP contribution in [0.1, 0.15) is 15.9 Å². The Morgan fingerprint density at radius 3 is 2.43 bits per heavy atom. The maximum atomic E-state index is 11.3. The zero-order valence-corrected chi connectivity index (χ0v) is 6.85. The van der Waals surface area contributed by atoms with Gasteiger partial charge in [0, 0.05) is 0 Å². The van der Waals surface area contributed by atoms with Crippen LogP contribution in [0.25, 0.3) is 0 Å². The Labute approximate surface area is 78.2 Å². The second-order valence-electron chi connectivity index (χ2n) is 2.95. The predicted octanol–water partition coefficient (Wildman–Crippen LogP) is 1.13. The van der Waals surface area contributed by atoms with Crippen LogP contribution < -0.4 is 0 Å². The minimum absolute atomic E-state index is 0.361. The summed E-state index contributed by atoms with van der Waals surface area (Å²) in [4.78, 5) is 21.8. The molecule has 0 bridgehead atoms. The third-order valence-electron chi connectivity index (χ3n) is 2.14. The zero-order chi connectivity index (χ0) is 9.76. The van der Waals surface area contributed by atoms with Gasteiger partial charge in [-0.3, -0.25) is 0 Å². The molecule has 1 aromatic carbocycles. The van der Waals surface area contributed by atoms with Crippen LogP contribution in [0.15, 0.2) is 24.3 Å². The summed E-state index contributed by atoms with van der Waals surface area (Å²) in [6, 6.07) is 6.60. The zero-order valence-electron chi connectivity index (χ0n) is 6.85. The summed E-state index contributed by atoms with van der Waals surface area (Å²) in [5, 5.41) is 0. The molecule has 0 amide bonds. The van der Waals surface area contributed by atoms with E-state index in [4.69, 9.17) is 4.74 Å². The lowest BCUT2D eigenvalue weighted by atomic mass is 10.1. The molecule has 0 atom stereocenters. The lowest BCUT2D eigenvalue weighted by molar-refractivity contribution is -0.387. The first-order valence-electron chi connectivity index (χ1n) is 3.96. The second-order valence-corrected chi connectivity index (χ2v) is 2.95. The van der Waals surface area contributed by atoms with Crippen molar-refractivity contribution in [3.63, 3.8) is 0 Å². The fourth-order valence-electron chi connectivity index (χ4n) is 1.54. The van der Waals surface area contributed by atoms with Gasteiger partial charge in [-0.05, 0) is 12.1 Å². The van der Waals surface area contributed by atoms with Crippen molar-refractivity contribution in [2.45, 2.75) is 5.97 Å². The molecule has 5 nitrogen and oxygen atoms in total. The molecule has 3 rings (SSSR count). The molecule has 0 radical (unpaired) electrons. The Morgan fingerprint density at radius 1 is 1.00 bits per heavy atom. The normalized spacial score (nSPS) is 20.6. The number of ether oxygens (including phenoxy) is 3. The van der Waals surface area contributed by atoms with E-state index >= 15 is 0 Å². The van der Waals surface area contributed by atoms with Crippen LogP contribution in [-0.4, -0.2) is 12.1 Å². The molecule has 5 heteroatoms. The first kappa shape index (κ1) is 7.37. The van der Waals surface area contributed by atoms with Crippen molar-refractivity contribution in [2.24, 2.45) is 0 Å². The summed E-state index contributed by atoms with van der Waals surface area (Å²) in [7, 11) is 0. The van der Waals surface area contributed by atoms with Gasteiger partial charge in [0.25, 0.3) is 0 Å². The van der Waals surface area contributed by atoms with E-state index in [0.29, 0.717) is 11.1 Å². The molecule has 0 saturated carbocycles. The van der Waals surface area contributed by atoms with Gasteiger partial charge in [-0.2, -0.15) is 0 Å². The molecule has 2 heterocycles. The monoisotopic (exact) mass is 192 g/mol. The second kappa shape index (κ2) is 2.06. The lowest BCUT2D eigenvalue weighted by Gasteiger charge is -2.33. The highest BCUT2D eigenvalue weighted by atomic mass is 17.0. The third kappa shape index (κ3) is 0.693. The Kier molecular flexibility index (Phi) is 1.09. The molecule has 70 valence electrons. The van der Waals surface area contributed by atoms with E-state index in [0.717, 1.165) is 0 Å². The van der Waals surface area contributed by atoms with Crippen LogP contribution in [0.4, 0.5) is 4.79 Å². The van der Waals surface area contributed by atoms with Gasteiger partial charge in [-0.15, -0.1) is 0 Å². The van der Waals surface area contributed by atoms with Gasteiger partial charge in [-0.25, -0.2) is 9.59 Å². The van der Waals surface area contributed by atoms with Crippen LogP contribution in [0.2, 0.25) is 0 Å². The molecule has 1 saturated heterocycles. The molecule has 0 N–H and O–H groups in total. The van der Waals surface area contributed by atoms with Crippen LogP contribution in [0.5, 0.6) is 0 Å². The largest absolute Gasteiger partial charge is 0.520 e. The van der Waals surface area contributed by atoms with Gasteiger partial charge in [0.05, 0.1) is 11.1 Å². The number of hydrogen-bond acceptors (Lipinski definition) is 5. The fourth-order valence-corrected chi connectivity index (χ4v) is 1.54. The summed E-state index contributed by atoms with van der Waals surface area (Å²) in [6.45, 7) is 0. The maximum Gasteiger partial charge on any atom is 0.520 e. The summed E-state index contributed by atoms with van der Waals surface area (Å²) >= 11 is 0. The quantitative estimate of drug-likeness (QED) is 0.576. The molecule has 0 aromatic heterocycles. The summed E-state index contributed by atoms with van der Waals surface area (Å²) in [5.41, 5.74) is 0.796. The van der Waals surface area contributed by atoms with Crippen molar-refractivity contribution in [1.29, 1.82) is 0 Å². The van der Waals surface area contributed by atoms with Gasteiger partial charge >= 0.3 is 18.1 Å². The Bertz CT molecular complexity index is 442. The SMILES string of the molecule is O=C1OC2(O1)OC(=O)c1ccccc12. The van der Waals surface area contributed by atoms with Crippen LogP contribution in [0, 0.1) is 0 Å². The van der Waals surface area contributed by atoms with E-state index < -0.39 is 18.1 Å². The van der Waals surface area contributed by atoms with Crippen molar-refractivity contribution in [1.82, 2.24) is 0 Å². The maximum absolute atomic E-state index is 11.3. The minimum Gasteiger partial charge on any atom is -0.380 e. The van der Waals surface area contributed by atoms with Crippen molar-refractivity contribution in [3.8, 4) is 0 Å². The van der Waals surface area contributed by atoms with Gasteiger partial charge in [0.2, 0.25) is 0 Å². The number of fused-ring (bicyclic) bond motifs is 2. The van der Waals surface area contributed by atoms with E-state index in [2.05, 4.69) is 9.47 Å². The number of rotatable bonds is 0. The van der Waals surface area contributed by atoms with Gasteiger partial charge in [0.15, 0.2) is 0 Å². The topological polar surface area (TPSA) is 61.8 Å². The fraction of sp³-hybridized carbons (Fsp3) is 0.111. The van der Waals surface area contributed by atoms with Crippen LogP contribution in [-0.2, 0) is 20.2 Å². The summed E-state index contributed by atoms with van der Waals surface area (Å²) in [6.07, 6.45) is -0.838. The van der Waals surface area contributed by atoms with Crippen molar-refractivity contribution >= 4 is 12.1 Å². The van der Waals surface area contributed by atoms with E-state index in [1.807, 2.05) is 0 Å². The van der Waals surface area contributed by atoms with E-state index in [1.165, 1.54) is 0 Å². The van der Waals surface area contributed by atoms with Crippen LogP contribution in [0.3, 0.4) is 0 Å². The first-order valence-corrected chi connectivity index (χ1v) is 3.96. The van der Waals surface area contributed by atoms with Crippen LogP contribution >= 0.6 is 0 Å². The van der Waals surface area contributed by atoms with Gasteiger partial charge in [0.1, 0.15) is 0 Å². The number of hydrogen-bond donors (Lipinski definition) is 0. The Hall–Kier alpha value is -2.04. The molecule has 0 aliphatic carbocycles. The van der Waals surface area contributed by atoms with Gasteiger partial charge in [-0.1, -0.05) is 12.1 Å². The third-order valence-corrected chi connectivity index (χ3v) is 2.14. The first-order chi connectivity index (χ1) is 6.71. The number of benzene rings is 1. The average molecular weight is 192 g/mol. The molecular formula is C9H4O5. The number of carbonyl (C=O) groups excluding carboxylic acids is 2. The van der Waals surface area contributed by atoms with E-state index in [9.17, 15) is 9.59 Å². The summed E-state index contributed by atoms with van der Waals surface area (Å²) < 4.78 is 14.2. The molecule has 1 aromatic rings. The minimum atomic E-state index is -1.61. The molecule has 2 aliphatic heterocycles. The van der Waals surface area contributed by atoms with Gasteiger partial charge < -0.3 is 14.2 Å². The smallest absolute Gasteiger partial charge is 0.380 e. The Balaban J connectivity index is 2.15. The van der Waals surface area contributed by atoms with Crippen molar-refractivity contribution in [3.05, 3.63) is 35.4 Å². The molecule has 0 unspecified atom stereocenters. The van der Waals surface area contributed by atoms with E-state index in [1.54, 1.807) is 24.3 Å². The highest BCUT2D eigenvalue weighted by Crippen LogP contribution is 2.44.